The number of hydrogen-bond acceptors (Lipinski definition) is 7. The van der Waals surface area contributed by atoms with Gasteiger partial charge in [-0.3, -0.25) is 4.79 Å². The molecule has 8 nitrogen and oxygen atoms in total. The Balaban J connectivity index is 1.34. The van der Waals surface area contributed by atoms with Gasteiger partial charge < -0.3 is 23.9 Å². The predicted molar refractivity (Wildman–Crippen MR) is 165 cm³/mol. The molecule has 0 aliphatic carbocycles. The SMILES string of the molecule is COCC(=O)c1cnc(N2CCC(CN(CCO[Si](C)(C)C(C)(C)C)CCc3c[nH]c4ccccc34)CC2)nc1. The lowest BCUT2D eigenvalue weighted by Crippen LogP contribution is -2.44. The number of nitrogens with one attached hydrogen (secondary N) is 1. The van der Waals surface area contributed by atoms with Gasteiger partial charge in [-0.15, -0.1) is 0 Å². The van der Waals surface area contributed by atoms with Crippen LogP contribution < -0.4 is 4.90 Å². The average molecular weight is 566 g/mol. The van der Waals surface area contributed by atoms with Gasteiger partial charge in [0.25, 0.3) is 0 Å². The van der Waals surface area contributed by atoms with E-state index in [1.165, 1.54) is 23.6 Å². The molecule has 0 spiro atoms. The van der Waals surface area contributed by atoms with E-state index in [1.54, 1.807) is 12.4 Å². The van der Waals surface area contributed by atoms with Crippen LogP contribution in [0.5, 0.6) is 0 Å². The molecule has 3 aromatic rings. The number of rotatable bonds is 13. The fourth-order valence-corrected chi connectivity index (χ4v) is 6.12. The van der Waals surface area contributed by atoms with Crippen molar-refractivity contribution in [2.45, 2.75) is 58.2 Å². The molecule has 9 heteroatoms. The van der Waals surface area contributed by atoms with Crippen LogP contribution in [0.2, 0.25) is 18.1 Å². The Morgan fingerprint density at radius 2 is 1.82 bits per heavy atom. The standard InChI is InChI=1S/C31H47N5O3Si/c1-31(2,3)40(5,6)39-18-17-35(14-13-25-19-32-28-10-8-7-9-27(25)28)22-24-11-15-36(16-12-24)30-33-20-26(21-34-30)29(37)23-38-4/h7-10,19-21,24,32H,11-18,22-23H2,1-6H3. The molecule has 4 rings (SSSR count). The molecule has 0 saturated carbocycles. The summed E-state index contributed by atoms with van der Waals surface area (Å²) in [7, 11) is -0.263. The largest absolute Gasteiger partial charge is 0.416 e. The smallest absolute Gasteiger partial charge is 0.225 e. The van der Waals surface area contributed by atoms with E-state index in [1.807, 2.05) is 0 Å². The Morgan fingerprint density at radius 3 is 2.50 bits per heavy atom. The number of carbonyl (C=O) groups is 1. The molecular weight excluding hydrogens is 518 g/mol. The van der Waals surface area contributed by atoms with Crippen molar-refractivity contribution in [3.63, 3.8) is 0 Å². The van der Waals surface area contributed by atoms with Crippen LogP contribution in [-0.2, 0) is 15.6 Å². The van der Waals surface area contributed by atoms with Gasteiger partial charge in [-0.2, -0.15) is 0 Å². The van der Waals surface area contributed by atoms with Crippen LogP contribution in [-0.4, -0.2) is 87.0 Å². The first-order valence-electron chi connectivity index (χ1n) is 14.6. The van der Waals surface area contributed by atoms with Gasteiger partial charge in [-0.1, -0.05) is 39.0 Å². The zero-order valence-electron chi connectivity index (χ0n) is 25.2. The van der Waals surface area contributed by atoms with Gasteiger partial charge >= 0.3 is 0 Å². The summed E-state index contributed by atoms with van der Waals surface area (Å²) in [6.07, 6.45) is 8.61. The maximum Gasteiger partial charge on any atom is 0.225 e. The van der Waals surface area contributed by atoms with E-state index in [0.717, 1.165) is 58.6 Å². The molecule has 1 aromatic carbocycles. The zero-order chi connectivity index (χ0) is 28.8. The number of methoxy groups -OCH3 is 1. The number of para-hydroxylation sites is 1. The van der Waals surface area contributed by atoms with E-state index in [2.05, 4.69) is 89.1 Å². The third kappa shape index (κ3) is 7.78. The maximum atomic E-state index is 12.0. The third-order valence-electron chi connectivity index (χ3n) is 8.70. The van der Waals surface area contributed by atoms with Gasteiger partial charge in [0.1, 0.15) is 6.61 Å². The number of aromatic nitrogens is 3. The molecule has 1 aliphatic rings. The minimum atomic E-state index is -1.78. The van der Waals surface area contributed by atoms with Crippen molar-refractivity contribution in [3.05, 3.63) is 54.0 Å². The third-order valence-corrected chi connectivity index (χ3v) is 13.2. The summed E-state index contributed by atoms with van der Waals surface area (Å²) in [5, 5.41) is 1.54. The molecule has 1 fully saturated rings. The van der Waals surface area contributed by atoms with Gasteiger partial charge in [-0.05, 0) is 54.9 Å². The Hall–Kier alpha value is -2.59. The number of carbonyl (C=O) groups excluding carboxylic acids is 1. The summed E-state index contributed by atoms with van der Waals surface area (Å²) in [6.45, 7) is 17.3. The van der Waals surface area contributed by atoms with Crippen LogP contribution in [0.25, 0.3) is 10.9 Å². The van der Waals surface area contributed by atoms with Crippen LogP contribution in [0.3, 0.4) is 0 Å². The molecule has 0 amide bonds. The minimum Gasteiger partial charge on any atom is -0.416 e. The molecule has 1 aliphatic heterocycles. The van der Waals surface area contributed by atoms with Crippen molar-refractivity contribution in [3.8, 4) is 0 Å². The zero-order valence-corrected chi connectivity index (χ0v) is 26.2. The highest BCUT2D eigenvalue weighted by Crippen LogP contribution is 2.36. The van der Waals surface area contributed by atoms with E-state index >= 15 is 0 Å². The molecule has 2 aromatic heterocycles. The van der Waals surface area contributed by atoms with Crippen molar-refractivity contribution in [1.82, 2.24) is 19.9 Å². The number of hydrogen-bond donors (Lipinski definition) is 1. The van der Waals surface area contributed by atoms with Gasteiger partial charge in [0, 0.05) is 75.9 Å². The van der Waals surface area contributed by atoms with Gasteiger partial charge in [0.2, 0.25) is 5.95 Å². The first-order chi connectivity index (χ1) is 19.1. The Bertz CT molecular complexity index is 1230. The number of anilines is 1. The molecule has 0 bridgehead atoms. The van der Waals surface area contributed by atoms with Gasteiger partial charge in [0.15, 0.2) is 14.1 Å². The fourth-order valence-electron chi connectivity index (χ4n) is 5.08. The number of Topliss-reactive ketones (excluding diaryl/α,β-unsaturated/α-hetero) is 1. The average Bonchev–Trinajstić information content (AvgIpc) is 3.35. The highest BCUT2D eigenvalue weighted by molar-refractivity contribution is 6.74. The Labute approximate surface area is 240 Å². The van der Waals surface area contributed by atoms with E-state index in [0.29, 0.717) is 17.4 Å². The minimum absolute atomic E-state index is 0.0475. The van der Waals surface area contributed by atoms with E-state index in [-0.39, 0.29) is 17.4 Å². The molecule has 0 unspecified atom stereocenters. The summed E-state index contributed by atoms with van der Waals surface area (Å²) in [5.41, 5.74) is 3.08. The molecule has 0 atom stereocenters. The molecule has 3 heterocycles. The molecule has 40 heavy (non-hydrogen) atoms. The summed E-state index contributed by atoms with van der Waals surface area (Å²) in [5.74, 6) is 1.22. The summed E-state index contributed by atoms with van der Waals surface area (Å²) in [6, 6.07) is 8.56. The van der Waals surface area contributed by atoms with Crippen molar-refractivity contribution in [2.75, 3.05) is 57.9 Å². The summed E-state index contributed by atoms with van der Waals surface area (Å²) >= 11 is 0. The van der Waals surface area contributed by atoms with Crippen LogP contribution in [0.1, 0.15) is 49.5 Å². The van der Waals surface area contributed by atoms with Crippen LogP contribution in [0.4, 0.5) is 5.95 Å². The van der Waals surface area contributed by atoms with E-state index in [9.17, 15) is 4.79 Å². The first kappa shape index (κ1) is 30.4. The Kier molecular flexibility index (Phi) is 10.2. The van der Waals surface area contributed by atoms with Crippen molar-refractivity contribution in [2.24, 2.45) is 5.92 Å². The monoisotopic (exact) mass is 565 g/mol. The number of ketones is 1. The molecule has 1 N–H and O–H groups in total. The molecule has 218 valence electrons. The first-order valence-corrected chi connectivity index (χ1v) is 17.5. The van der Waals surface area contributed by atoms with E-state index < -0.39 is 8.32 Å². The number of benzene rings is 1. The number of fused-ring (bicyclic) bond motifs is 1. The molecule has 1 saturated heterocycles. The van der Waals surface area contributed by atoms with Crippen molar-refractivity contribution in [1.29, 1.82) is 0 Å². The van der Waals surface area contributed by atoms with Crippen molar-refractivity contribution >= 4 is 31.0 Å². The fraction of sp³-hybridized carbons (Fsp3) is 0.581. The number of aromatic amines is 1. The van der Waals surface area contributed by atoms with E-state index in [4.69, 9.17) is 9.16 Å². The number of H-pyrrole nitrogens is 1. The topological polar surface area (TPSA) is 83.6 Å². The lowest BCUT2D eigenvalue weighted by molar-refractivity contribution is 0.0847. The van der Waals surface area contributed by atoms with Crippen LogP contribution >= 0.6 is 0 Å². The number of nitrogens with zero attached hydrogens (tertiary/aromatic N) is 4. The maximum absolute atomic E-state index is 12.0. The summed E-state index contributed by atoms with van der Waals surface area (Å²) < 4.78 is 11.5. The highest BCUT2D eigenvalue weighted by atomic mass is 28.4. The summed E-state index contributed by atoms with van der Waals surface area (Å²) in [4.78, 5) is 29.2. The Morgan fingerprint density at radius 1 is 1.12 bits per heavy atom. The predicted octanol–water partition coefficient (Wildman–Crippen LogP) is 5.57. The van der Waals surface area contributed by atoms with Crippen molar-refractivity contribution < 1.29 is 14.0 Å². The molecule has 0 radical (unpaired) electrons. The highest BCUT2D eigenvalue weighted by Gasteiger charge is 2.37. The van der Waals surface area contributed by atoms with Crippen LogP contribution in [0, 0.1) is 5.92 Å². The van der Waals surface area contributed by atoms with Gasteiger partial charge in [-0.25, -0.2) is 9.97 Å². The quantitative estimate of drug-likeness (QED) is 0.214. The lowest BCUT2D eigenvalue weighted by atomic mass is 9.96. The number of ether oxygens (including phenoxy) is 1. The van der Waals surface area contributed by atoms with Gasteiger partial charge in [0.05, 0.1) is 5.56 Å². The van der Waals surface area contributed by atoms with Crippen LogP contribution in [0.15, 0.2) is 42.9 Å². The second kappa shape index (κ2) is 13.4. The lowest BCUT2D eigenvalue weighted by Gasteiger charge is -2.38. The second-order valence-electron chi connectivity index (χ2n) is 12.6. The molecular formula is C31H47N5O3Si. The number of piperidine rings is 1. The second-order valence-corrected chi connectivity index (χ2v) is 17.4. The normalized spacial score (nSPS) is 15.3.